The maximum Gasteiger partial charge on any atom is 0.256 e. The topological polar surface area (TPSA) is 20.3 Å². The summed E-state index contributed by atoms with van der Waals surface area (Å²) in [5, 5.41) is -0.105. The number of hydrogen-bond acceptors (Lipinski definition) is 2. The van der Waals surface area contributed by atoms with E-state index in [0.717, 1.165) is 6.07 Å². The van der Waals surface area contributed by atoms with Gasteiger partial charge in [0.15, 0.2) is 0 Å². The minimum atomic E-state index is -0.642. The summed E-state index contributed by atoms with van der Waals surface area (Å²) in [6.45, 7) is 0.496. The molecule has 1 heterocycles. The molecule has 22 heavy (non-hydrogen) atoms. The first-order valence-corrected chi connectivity index (χ1v) is 8.12. The second-order valence-electron chi connectivity index (χ2n) is 4.87. The first kappa shape index (κ1) is 15.3. The third-order valence-electron chi connectivity index (χ3n) is 3.48. The van der Waals surface area contributed by atoms with E-state index >= 15 is 0 Å². The number of hydrogen-bond donors (Lipinski definition) is 0. The summed E-state index contributed by atoms with van der Waals surface area (Å²) in [7, 11) is 0. The molecule has 2 aromatic carbocycles. The first-order chi connectivity index (χ1) is 10.6. The minimum absolute atomic E-state index is 0.246. The van der Waals surface area contributed by atoms with Crippen LogP contribution in [0.25, 0.3) is 0 Å². The van der Waals surface area contributed by atoms with Crippen LogP contribution in [0.1, 0.15) is 21.3 Å². The van der Waals surface area contributed by atoms with Gasteiger partial charge in [-0.25, -0.2) is 8.78 Å². The largest absolute Gasteiger partial charge is 0.322 e. The van der Waals surface area contributed by atoms with Gasteiger partial charge < -0.3 is 4.90 Å². The Morgan fingerprint density at radius 1 is 1.23 bits per heavy atom. The summed E-state index contributed by atoms with van der Waals surface area (Å²) in [4.78, 5) is 14.2. The highest BCUT2D eigenvalue weighted by Crippen LogP contribution is 2.40. The van der Waals surface area contributed by atoms with Crippen LogP contribution in [0.4, 0.5) is 8.78 Å². The lowest BCUT2D eigenvalue weighted by atomic mass is 10.1. The van der Waals surface area contributed by atoms with Gasteiger partial charge in [0.1, 0.15) is 17.0 Å². The van der Waals surface area contributed by atoms with E-state index in [9.17, 15) is 13.6 Å². The molecule has 1 aliphatic heterocycles. The molecule has 6 heteroatoms. The van der Waals surface area contributed by atoms with Crippen molar-refractivity contribution in [2.75, 3.05) is 12.3 Å². The summed E-state index contributed by atoms with van der Waals surface area (Å²) < 4.78 is 27.1. The summed E-state index contributed by atoms with van der Waals surface area (Å²) in [5.41, 5.74) is 0.698. The lowest BCUT2D eigenvalue weighted by Gasteiger charge is -2.25. The molecule has 0 radical (unpaired) electrons. The number of carbonyl (C=O) groups excluding carboxylic acids is 1. The van der Waals surface area contributed by atoms with Crippen LogP contribution in [0.15, 0.2) is 42.5 Å². The van der Waals surface area contributed by atoms with Crippen LogP contribution in [-0.4, -0.2) is 23.1 Å². The molecule has 1 aliphatic rings. The smallest absolute Gasteiger partial charge is 0.256 e. The summed E-state index contributed by atoms with van der Waals surface area (Å²) >= 11 is 7.52. The molecule has 1 atom stereocenters. The van der Waals surface area contributed by atoms with Crippen molar-refractivity contribution in [3.05, 3.63) is 70.2 Å². The highest BCUT2D eigenvalue weighted by Gasteiger charge is 2.33. The van der Waals surface area contributed by atoms with Crippen LogP contribution in [0.3, 0.4) is 0 Å². The van der Waals surface area contributed by atoms with Gasteiger partial charge in [0, 0.05) is 23.9 Å². The van der Waals surface area contributed by atoms with Crippen molar-refractivity contribution in [2.24, 2.45) is 0 Å². The van der Waals surface area contributed by atoms with Gasteiger partial charge in [-0.2, -0.15) is 0 Å². The van der Waals surface area contributed by atoms with Gasteiger partial charge in [-0.05, 0) is 18.2 Å². The van der Waals surface area contributed by atoms with Crippen LogP contribution in [0.5, 0.6) is 0 Å². The van der Waals surface area contributed by atoms with Crippen molar-refractivity contribution < 1.29 is 13.6 Å². The van der Waals surface area contributed by atoms with Crippen molar-refractivity contribution in [1.29, 1.82) is 0 Å². The Labute approximate surface area is 136 Å². The van der Waals surface area contributed by atoms with Crippen LogP contribution >= 0.6 is 23.4 Å². The lowest BCUT2D eigenvalue weighted by molar-refractivity contribution is 0.0759. The van der Waals surface area contributed by atoms with E-state index < -0.39 is 17.0 Å². The highest BCUT2D eigenvalue weighted by atomic mass is 35.5. The van der Waals surface area contributed by atoms with Gasteiger partial charge in [-0.3, -0.25) is 4.79 Å². The van der Waals surface area contributed by atoms with E-state index in [2.05, 4.69) is 0 Å². The number of carbonyl (C=O) groups is 1. The zero-order valence-electron chi connectivity index (χ0n) is 11.4. The molecule has 0 N–H and O–H groups in total. The monoisotopic (exact) mass is 339 g/mol. The van der Waals surface area contributed by atoms with Crippen LogP contribution in [0, 0.1) is 11.6 Å². The van der Waals surface area contributed by atoms with Gasteiger partial charge in [0.25, 0.3) is 5.91 Å². The van der Waals surface area contributed by atoms with E-state index in [-0.39, 0.29) is 5.91 Å². The molecule has 114 valence electrons. The molecular formula is C16H12ClF2NOS. The average molecular weight is 340 g/mol. The zero-order chi connectivity index (χ0) is 15.7. The Morgan fingerprint density at radius 3 is 2.73 bits per heavy atom. The van der Waals surface area contributed by atoms with Crippen molar-refractivity contribution in [3.8, 4) is 0 Å². The highest BCUT2D eigenvalue weighted by molar-refractivity contribution is 7.99. The molecular weight excluding hydrogens is 328 g/mol. The maximum atomic E-state index is 14.0. The molecule has 1 saturated heterocycles. The van der Waals surface area contributed by atoms with E-state index in [1.165, 1.54) is 23.9 Å². The van der Waals surface area contributed by atoms with Gasteiger partial charge in [-0.1, -0.05) is 29.8 Å². The number of rotatable bonds is 2. The third kappa shape index (κ3) is 2.83. The molecule has 2 nitrogen and oxygen atoms in total. The predicted molar refractivity (Wildman–Crippen MR) is 84.0 cm³/mol. The molecule has 0 spiro atoms. The molecule has 1 fully saturated rings. The van der Waals surface area contributed by atoms with Crippen LogP contribution in [0.2, 0.25) is 5.02 Å². The first-order valence-electron chi connectivity index (χ1n) is 6.70. The van der Waals surface area contributed by atoms with E-state index in [4.69, 9.17) is 11.6 Å². The molecule has 2 aromatic rings. The number of halogens is 3. The molecule has 0 aromatic heterocycles. The average Bonchev–Trinajstić information content (AvgIpc) is 2.96. The predicted octanol–water partition coefficient (Wildman–Crippen LogP) is 4.51. The van der Waals surface area contributed by atoms with Crippen LogP contribution < -0.4 is 0 Å². The second-order valence-corrected chi connectivity index (χ2v) is 6.46. The third-order valence-corrected chi connectivity index (χ3v) is 5.06. The van der Waals surface area contributed by atoms with Crippen molar-refractivity contribution >= 4 is 29.3 Å². The number of amides is 1. The molecule has 0 bridgehead atoms. The van der Waals surface area contributed by atoms with E-state index in [0.29, 0.717) is 28.4 Å². The minimum Gasteiger partial charge on any atom is -0.322 e. The zero-order valence-corrected chi connectivity index (χ0v) is 13.0. The second kappa shape index (κ2) is 6.26. The molecule has 0 unspecified atom stereocenters. The Hall–Kier alpha value is -1.59. The Bertz CT molecular complexity index is 725. The van der Waals surface area contributed by atoms with E-state index in [1.54, 1.807) is 29.2 Å². The molecule has 3 rings (SSSR count). The Kier molecular flexibility index (Phi) is 4.36. The Balaban J connectivity index is 1.93. The van der Waals surface area contributed by atoms with Gasteiger partial charge in [0.05, 0.1) is 10.6 Å². The molecule has 1 amide bonds. The van der Waals surface area contributed by atoms with E-state index in [1.807, 2.05) is 0 Å². The fraction of sp³-hybridized carbons (Fsp3) is 0.188. The van der Waals surface area contributed by atoms with Crippen LogP contribution in [-0.2, 0) is 0 Å². The summed E-state index contributed by atoms with van der Waals surface area (Å²) in [5.74, 6) is -0.827. The number of thioether (sulfide) groups is 1. The Morgan fingerprint density at radius 2 is 2.00 bits per heavy atom. The fourth-order valence-electron chi connectivity index (χ4n) is 2.43. The summed E-state index contributed by atoms with van der Waals surface area (Å²) in [6.07, 6.45) is 0. The normalized spacial score (nSPS) is 17.8. The SMILES string of the molecule is O=C(c1ccccc1Cl)N1CCS[C@@H]1c1ccc(F)cc1F. The maximum absolute atomic E-state index is 14.0. The van der Waals surface area contributed by atoms with Gasteiger partial charge >= 0.3 is 0 Å². The standard InChI is InChI=1S/C16H12ClF2NOS/c17-13-4-2-1-3-11(13)15(21)20-7-8-22-16(20)12-6-5-10(18)9-14(12)19/h1-6,9,16H,7-8H2/t16-/m1/s1. The van der Waals surface area contributed by atoms with Crippen molar-refractivity contribution in [1.82, 2.24) is 4.90 Å². The van der Waals surface area contributed by atoms with Crippen molar-refractivity contribution in [3.63, 3.8) is 0 Å². The number of nitrogens with zero attached hydrogens (tertiary/aromatic N) is 1. The van der Waals surface area contributed by atoms with Gasteiger partial charge in [0.2, 0.25) is 0 Å². The number of benzene rings is 2. The lowest BCUT2D eigenvalue weighted by Crippen LogP contribution is -2.31. The quantitative estimate of drug-likeness (QED) is 0.802. The molecule has 0 aliphatic carbocycles. The summed E-state index contributed by atoms with van der Waals surface area (Å²) in [6, 6.07) is 10.2. The molecule has 0 saturated carbocycles. The van der Waals surface area contributed by atoms with Gasteiger partial charge in [-0.15, -0.1) is 11.8 Å². The fourth-order valence-corrected chi connectivity index (χ4v) is 3.92. The van der Waals surface area contributed by atoms with Crippen molar-refractivity contribution in [2.45, 2.75) is 5.37 Å².